The Morgan fingerprint density at radius 3 is 2.89 bits per heavy atom. The molecule has 0 fully saturated rings. The molecule has 4 heteroatoms. The lowest BCUT2D eigenvalue weighted by atomic mass is 10.1. The molecule has 1 unspecified atom stereocenters. The Kier molecular flexibility index (Phi) is 7.32. The first-order valence-corrected chi connectivity index (χ1v) is 7.10. The highest BCUT2D eigenvalue weighted by atomic mass is 79.9. The fourth-order valence-corrected chi connectivity index (χ4v) is 2.18. The average Bonchev–Trinajstić information content (AvgIpc) is 2.38. The maximum Gasteiger partial charge on any atom is 0.123 e. The Balaban J connectivity index is 2.32. The van der Waals surface area contributed by atoms with E-state index in [0.29, 0.717) is 5.92 Å². The largest absolute Gasteiger partial charge is 0.496 e. The van der Waals surface area contributed by atoms with Gasteiger partial charge in [0.1, 0.15) is 5.75 Å². The summed E-state index contributed by atoms with van der Waals surface area (Å²) < 4.78 is 6.38. The van der Waals surface area contributed by atoms with Crippen LogP contribution < -0.4 is 10.1 Å². The minimum atomic E-state index is 0.277. The molecule has 0 saturated heterocycles. The van der Waals surface area contributed by atoms with Crippen LogP contribution in [0.1, 0.15) is 25.3 Å². The van der Waals surface area contributed by atoms with Crippen LogP contribution >= 0.6 is 15.9 Å². The van der Waals surface area contributed by atoms with Crippen molar-refractivity contribution in [2.45, 2.75) is 26.3 Å². The summed E-state index contributed by atoms with van der Waals surface area (Å²) in [4.78, 5) is 0. The molecule has 0 radical (unpaired) electrons. The number of halogens is 1. The van der Waals surface area contributed by atoms with Gasteiger partial charge in [-0.1, -0.05) is 22.9 Å². The van der Waals surface area contributed by atoms with Crippen LogP contribution in [0.2, 0.25) is 0 Å². The summed E-state index contributed by atoms with van der Waals surface area (Å²) in [5.41, 5.74) is 1.15. The molecule has 1 aromatic rings. The SMILES string of the molecule is COc1ccc(Br)cc1CNCCCC(C)CO. The van der Waals surface area contributed by atoms with Crippen LogP contribution in [0, 0.1) is 5.92 Å². The molecule has 1 aromatic carbocycles. The monoisotopic (exact) mass is 315 g/mol. The normalized spacial score (nSPS) is 12.4. The Morgan fingerprint density at radius 1 is 1.44 bits per heavy atom. The zero-order valence-electron chi connectivity index (χ0n) is 11.1. The Morgan fingerprint density at radius 2 is 2.22 bits per heavy atom. The van der Waals surface area contributed by atoms with Crippen LogP contribution in [0.3, 0.4) is 0 Å². The molecule has 3 nitrogen and oxygen atoms in total. The average molecular weight is 316 g/mol. The van der Waals surface area contributed by atoms with Gasteiger partial charge in [0, 0.05) is 23.2 Å². The summed E-state index contributed by atoms with van der Waals surface area (Å²) in [6, 6.07) is 6.02. The summed E-state index contributed by atoms with van der Waals surface area (Å²) >= 11 is 3.47. The van der Waals surface area contributed by atoms with Crippen molar-refractivity contribution in [1.82, 2.24) is 5.32 Å². The topological polar surface area (TPSA) is 41.5 Å². The number of hydrogen-bond donors (Lipinski definition) is 2. The number of ether oxygens (including phenoxy) is 1. The summed E-state index contributed by atoms with van der Waals surface area (Å²) in [5, 5.41) is 12.3. The van der Waals surface area contributed by atoms with Crippen molar-refractivity contribution in [3.8, 4) is 5.75 Å². The molecule has 0 amide bonds. The number of benzene rings is 1. The zero-order chi connectivity index (χ0) is 13.4. The van der Waals surface area contributed by atoms with Gasteiger partial charge in [0.05, 0.1) is 7.11 Å². The predicted molar refractivity (Wildman–Crippen MR) is 77.9 cm³/mol. The van der Waals surface area contributed by atoms with Gasteiger partial charge in [0.15, 0.2) is 0 Å². The Bertz CT molecular complexity index is 358. The van der Waals surface area contributed by atoms with Gasteiger partial charge in [-0.05, 0) is 43.5 Å². The highest BCUT2D eigenvalue weighted by Crippen LogP contribution is 2.22. The molecule has 1 rings (SSSR count). The van der Waals surface area contributed by atoms with E-state index in [0.717, 1.165) is 41.7 Å². The summed E-state index contributed by atoms with van der Waals surface area (Å²) in [6.45, 7) is 4.10. The van der Waals surface area contributed by atoms with Crippen molar-refractivity contribution in [1.29, 1.82) is 0 Å². The number of aliphatic hydroxyl groups excluding tert-OH is 1. The number of rotatable bonds is 8. The van der Waals surface area contributed by atoms with E-state index in [1.807, 2.05) is 12.1 Å². The quantitative estimate of drug-likeness (QED) is 0.725. The van der Waals surface area contributed by atoms with E-state index >= 15 is 0 Å². The van der Waals surface area contributed by atoms with Crippen molar-refractivity contribution in [3.05, 3.63) is 28.2 Å². The Labute approximate surface area is 118 Å². The third-order valence-electron chi connectivity index (χ3n) is 2.92. The van der Waals surface area contributed by atoms with E-state index in [4.69, 9.17) is 9.84 Å². The molecule has 1 atom stereocenters. The highest BCUT2D eigenvalue weighted by molar-refractivity contribution is 9.10. The molecular formula is C14H22BrNO2. The number of nitrogens with one attached hydrogen (secondary N) is 1. The maximum absolute atomic E-state index is 8.93. The van der Waals surface area contributed by atoms with E-state index in [1.54, 1.807) is 7.11 Å². The lowest BCUT2D eigenvalue weighted by molar-refractivity contribution is 0.228. The molecule has 102 valence electrons. The molecule has 0 aliphatic heterocycles. The second kappa shape index (κ2) is 8.51. The van der Waals surface area contributed by atoms with E-state index in [-0.39, 0.29) is 6.61 Å². The van der Waals surface area contributed by atoms with Gasteiger partial charge in [-0.2, -0.15) is 0 Å². The first kappa shape index (κ1) is 15.5. The standard InChI is InChI=1S/C14H22BrNO2/c1-11(10-17)4-3-7-16-9-12-8-13(15)5-6-14(12)18-2/h5-6,8,11,16-17H,3-4,7,9-10H2,1-2H3. The van der Waals surface area contributed by atoms with Crippen molar-refractivity contribution in [2.24, 2.45) is 5.92 Å². The Hall–Kier alpha value is -0.580. The third kappa shape index (κ3) is 5.38. The molecule has 0 aromatic heterocycles. The fourth-order valence-electron chi connectivity index (χ4n) is 1.78. The molecule has 0 saturated carbocycles. The van der Waals surface area contributed by atoms with Crippen LogP contribution in [0.5, 0.6) is 5.75 Å². The summed E-state index contributed by atoms with van der Waals surface area (Å²) in [5.74, 6) is 1.31. The van der Waals surface area contributed by atoms with Crippen LogP contribution in [0.15, 0.2) is 22.7 Å². The molecule has 0 heterocycles. The minimum absolute atomic E-state index is 0.277. The second-order valence-corrected chi connectivity index (χ2v) is 5.48. The highest BCUT2D eigenvalue weighted by Gasteiger charge is 2.03. The molecule has 0 aliphatic carbocycles. The fraction of sp³-hybridized carbons (Fsp3) is 0.571. The van der Waals surface area contributed by atoms with Gasteiger partial charge in [0.2, 0.25) is 0 Å². The number of hydrogen-bond acceptors (Lipinski definition) is 3. The third-order valence-corrected chi connectivity index (χ3v) is 3.41. The second-order valence-electron chi connectivity index (χ2n) is 4.56. The van der Waals surface area contributed by atoms with Gasteiger partial charge in [-0.3, -0.25) is 0 Å². The van der Waals surface area contributed by atoms with E-state index in [2.05, 4.69) is 34.2 Å². The molecule has 0 spiro atoms. The smallest absolute Gasteiger partial charge is 0.123 e. The molecule has 18 heavy (non-hydrogen) atoms. The van der Waals surface area contributed by atoms with E-state index < -0.39 is 0 Å². The summed E-state index contributed by atoms with van der Waals surface area (Å²) in [7, 11) is 1.69. The first-order chi connectivity index (χ1) is 8.67. The van der Waals surface area contributed by atoms with Gasteiger partial charge in [0.25, 0.3) is 0 Å². The summed E-state index contributed by atoms with van der Waals surface area (Å²) in [6.07, 6.45) is 2.14. The molecule has 0 bridgehead atoms. The lowest BCUT2D eigenvalue weighted by Gasteiger charge is -2.11. The van der Waals surface area contributed by atoms with Gasteiger partial charge < -0.3 is 15.2 Å². The van der Waals surface area contributed by atoms with Crippen molar-refractivity contribution >= 4 is 15.9 Å². The van der Waals surface area contributed by atoms with Crippen LogP contribution in [-0.2, 0) is 6.54 Å². The number of methoxy groups -OCH3 is 1. The van der Waals surface area contributed by atoms with E-state index in [1.165, 1.54) is 0 Å². The molecular weight excluding hydrogens is 294 g/mol. The van der Waals surface area contributed by atoms with Crippen LogP contribution in [0.4, 0.5) is 0 Å². The van der Waals surface area contributed by atoms with Crippen LogP contribution in [0.25, 0.3) is 0 Å². The maximum atomic E-state index is 8.93. The lowest BCUT2D eigenvalue weighted by Crippen LogP contribution is -2.16. The van der Waals surface area contributed by atoms with Gasteiger partial charge >= 0.3 is 0 Å². The van der Waals surface area contributed by atoms with Gasteiger partial charge in [-0.25, -0.2) is 0 Å². The van der Waals surface area contributed by atoms with Gasteiger partial charge in [-0.15, -0.1) is 0 Å². The van der Waals surface area contributed by atoms with Crippen molar-refractivity contribution in [3.63, 3.8) is 0 Å². The molecule has 0 aliphatic rings. The minimum Gasteiger partial charge on any atom is -0.496 e. The first-order valence-electron chi connectivity index (χ1n) is 6.31. The predicted octanol–water partition coefficient (Wildman–Crippen LogP) is 2.96. The van der Waals surface area contributed by atoms with E-state index in [9.17, 15) is 0 Å². The zero-order valence-corrected chi connectivity index (χ0v) is 12.7. The molecule has 2 N–H and O–H groups in total. The number of aliphatic hydroxyl groups is 1. The van der Waals surface area contributed by atoms with Crippen molar-refractivity contribution in [2.75, 3.05) is 20.3 Å². The van der Waals surface area contributed by atoms with Crippen LogP contribution in [-0.4, -0.2) is 25.4 Å². The van der Waals surface area contributed by atoms with Crippen molar-refractivity contribution < 1.29 is 9.84 Å².